The third kappa shape index (κ3) is 7.48. The first-order valence-electron chi connectivity index (χ1n) is 12.1. The number of hydrogen-bond acceptors (Lipinski definition) is 4. The van der Waals surface area contributed by atoms with Crippen LogP contribution in [0.15, 0.2) is 29.3 Å². The van der Waals surface area contributed by atoms with Gasteiger partial charge in [0.15, 0.2) is 5.96 Å². The van der Waals surface area contributed by atoms with E-state index in [1.54, 1.807) is 7.11 Å². The highest BCUT2D eigenvalue weighted by atomic mass is 16.5. The molecule has 6 heteroatoms. The van der Waals surface area contributed by atoms with E-state index >= 15 is 0 Å². The maximum absolute atomic E-state index is 5.76. The van der Waals surface area contributed by atoms with Crippen LogP contribution in [-0.4, -0.2) is 74.9 Å². The summed E-state index contributed by atoms with van der Waals surface area (Å²) in [6.45, 7) is 12.6. The molecule has 0 radical (unpaired) electrons. The molecule has 2 atom stereocenters. The molecule has 0 aromatic heterocycles. The second-order valence-electron chi connectivity index (χ2n) is 8.92. The van der Waals surface area contributed by atoms with Gasteiger partial charge in [-0.2, -0.15) is 0 Å². The second kappa shape index (κ2) is 13.0. The zero-order valence-corrected chi connectivity index (χ0v) is 19.8. The lowest BCUT2D eigenvalue weighted by Gasteiger charge is -2.33. The van der Waals surface area contributed by atoms with Crippen molar-refractivity contribution in [2.75, 3.05) is 53.1 Å². The average molecular weight is 431 g/mol. The lowest BCUT2D eigenvalue weighted by atomic mass is 10.0. The number of piperidine rings is 1. The SMILES string of the molecule is CCNC(=NCc1ccccc1CN1CCCCC1C)N1CCC(COCCOC)C1. The first-order chi connectivity index (χ1) is 15.2. The minimum atomic E-state index is 0.564. The number of guanidine groups is 1. The van der Waals surface area contributed by atoms with Crippen molar-refractivity contribution < 1.29 is 9.47 Å². The van der Waals surface area contributed by atoms with Crippen LogP contribution in [0.1, 0.15) is 50.7 Å². The largest absolute Gasteiger partial charge is 0.382 e. The number of nitrogens with one attached hydrogen (secondary N) is 1. The number of ether oxygens (including phenoxy) is 2. The number of benzene rings is 1. The van der Waals surface area contributed by atoms with Crippen molar-refractivity contribution in [1.82, 2.24) is 15.1 Å². The molecule has 2 saturated heterocycles. The van der Waals surface area contributed by atoms with E-state index in [2.05, 4.69) is 53.2 Å². The summed E-state index contributed by atoms with van der Waals surface area (Å²) in [7, 11) is 1.71. The first-order valence-corrected chi connectivity index (χ1v) is 12.1. The van der Waals surface area contributed by atoms with Gasteiger partial charge in [0.2, 0.25) is 0 Å². The number of likely N-dealkylation sites (tertiary alicyclic amines) is 2. The molecule has 1 aromatic carbocycles. The summed E-state index contributed by atoms with van der Waals surface area (Å²) in [4.78, 5) is 10.1. The fourth-order valence-electron chi connectivity index (χ4n) is 4.62. The molecule has 2 unspecified atom stereocenters. The van der Waals surface area contributed by atoms with Crippen molar-refractivity contribution in [3.63, 3.8) is 0 Å². The van der Waals surface area contributed by atoms with E-state index in [1.807, 2.05) is 0 Å². The van der Waals surface area contributed by atoms with Crippen molar-refractivity contribution in [3.8, 4) is 0 Å². The first kappa shape index (κ1) is 24.0. The number of hydrogen-bond donors (Lipinski definition) is 1. The maximum Gasteiger partial charge on any atom is 0.194 e. The molecule has 0 aliphatic carbocycles. The van der Waals surface area contributed by atoms with Crippen molar-refractivity contribution in [1.29, 1.82) is 0 Å². The summed E-state index contributed by atoms with van der Waals surface area (Å²) in [5.41, 5.74) is 2.76. The summed E-state index contributed by atoms with van der Waals surface area (Å²) >= 11 is 0. The Labute approximate surface area is 189 Å². The molecule has 1 N–H and O–H groups in total. The molecule has 2 aliphatic heterocycles. The Hall–Kier alpha value is -1.63. The van der Waals surface area contributed by atoms with Gasteiger partial charge in [0.1, 0.15) is 0 Å². The van der Waals surface area contributed by atoms with Gasteiger partial charge in [0.25, 0.3) is 0 Å². The molecule has 2 heterocycles. The highest BCUT2D eigenvalue weighted by Crippen LogP contribution is 2.22. The molecule has 3 rings (SSSR count). The van der Waals surface area contributed by atoms with E-state index in [9.17, 15) is 0 Å². The third-order valence-corrected chi connectivity index (χ3v) is 6.54. The molecule has 2 fully saturated rings. The van der Waals surface area contributed by atoms with Crippen LogP contribution in [0.3, 0.4) is 0 Å². The minimum Gasteiger partial charge on any atom is -0.382 e. The van der Waals surface area contributed by atoms with E-state index in [-0.39, 0.29) is 0 Å². The number of rotatable bonds is 10. The molecule has 31 heavy (non-hydrogen) atoms. The summed E-state index contributed by atoms with van der Waals surface area (Å²) in [5.74, 6) is 1.59. The van der Waals surface area contributed by atoms with E-state index < -0.39 is 0 Å². The molecular formula is C25H42N4O2. The average Bonchev–Trinajstić information content (AvgIpc) is 3.25. The Morgan fingerprint density at radius 3 is 2.74 bits per heavy atom. The Morgan fingerprint density at radius 1 is 1.13 bits per heavy atom. The van der Waals surface area contributed by atoms with Crippen molar-refractivity contribution in [2.24, 2.45) is 10.9 Å². The van der Waals surface area contributed by atoms with Crippen LogP contribution in [0.4, 0.5) is 0 Å². The highest BCUT2D eigenvalue weighted by molar-refractivity contribution is 5.80. The van der Waals surface area contributed by atoms with Crippen LogP contribution < -0.4 is 5.32 Å². The number of aliphatic imine (C=N–C) groups is 1. The van der Waals surface area contributed by atoms with E-state index in [4.69, 9.17) is 14.5 Å². The molecule has 0 bridgehead atoms. The van der Waals surface area contributed by atoms with Crippen LogP contribution in [0.5, 0.6) is 0 Å². The fourth-order valence-corrected chi connectivity index (χ4v) is 4.62. The highest BCUT2D eigenvalue weighted by Gasteiger charge is 2.25. The van der Waals surface area contributed by atoms with Gasteiger partial charge >= 0.3 is 0 Å². The number of nitrogens with zero attached hydrogens (tertiary/aromatic N) is 3. The van der Waals surface area contributed by atoms with Crippen LogP contribution in [0.25, 0.3) is 0 Å². The van der Waals surface area contributed by atoms with E-state index in [1.165, 1.54) is 36.9 Å². The molecule has 0 spiro atoms. The monoisotopic (exact) mass is 430 g/mol. The molecule has 2 aliphatic rings. The summed E-state index contributed by atoms with van der Waals surface area (Å²) in [6.07, 6.45) is 5.15. The fraction of sp³-hybridized carbons (Fsp3) is 0.720. The van der Waals surface area contributed by atoms with Crippen LogP contribution in [-0.2, 0) is 22.6 Å². The van der Waals surface area contributed by atoms with Gasteiger partial charge < -0.3 is 19.7 Å². The van der Waals surface area contributed by atoms with Gasteiger partial charge in [-0.05, 0) is 50.8 Å². The smallest absolute Gasteiger partial charge is 0.194 e. The quantitative estimate of drug-likeness (QED) is 0.350. The van der Waals surface area contributed by atoms with Gasteiger partial charge in [0.05, 0.1) is 26.4 Å². The second-order valence-corrected chi connectivity index (χ2v) is 8.92. The van der Waals surface area contributed by atoms with Gasteiger partial charge in [-0.25, -0.2) is 4.99 Å². The predicted octanol–water partition coefficient (Wildman–Crippen LogP) is 3.51. The predicted molar refractivity (Wildman–Crippen MR) is 127 cm³/mol. The van der Waals surface area contributed by atoms with Crippen molar-refractivity contribution in [2.45, 2.75) is 58.7 Å². The zero-order chi connectivity index (χ0) is 21.9. The Bertz CT molecular complexity index is 681. The summed E-state index contributed by atoms with van der Waals surface area (Å²) in [6, 6.07) is 9.51. The molecule has 6 nitrogen and oxygen atoms in total. The topological polar surface area (TPSA) is 49.3 Å². The number of methoxy groups -OCH3 is 1. The van der Waals surface area contributed by atoms with Gasteiger partial charge in [-0.3, -0.25) is 4.90 Å². The Morgan fingerprint density at radius 2 is 1.97 bits per heavy atom. The Kier molecular flexibility index (Phi) is 10.1. The molecule has 1 aromatic rings. The minimum absolute atomic E-state index is 0.564. The summed E-state index contributed by atoms with van der Waals surface area (Å²) in [5, 5.41) is 3.50. The summed E-state index contributed by atoms with van der Waals surface area (Å²) < 4.78 is 10.8. The van der Waals surface area contributed by atoms with Crippen LogP contribution in [0.2, 0.25) is 0 Å². The molecular weight excluding hydrogens is 388 g/mol. The molecule has 0 amide bonds. The van der Waals surface area contributed by atoms with Crippen LogP contribution in [0, 0.1) is 5.92 Å². The van der Waals surface area contributed by atoms with Gasteiger partial charge in [0, 0.05) is 45.2 Å². The van der Waals surface area contributed by atoms with Crippen LogP contribution >= 0.6 is 0 Å². The maximum atomic E-state index is 5.76. The Balaban J connectivity index is 1.59. The lowest BCUT2D eigenvalue weighted by molar-refractivity contribution is 0.0536. The van der Waals surface area contributed by atoms with E-state index in [0.29, 0.717) is 25.2 Å². The van der Waals surface area contributed by atoms with Gasteiger partial charge in [-0.1, -0.05) is 30.7 Å². The van der Waals surface area contributed by atoms with Crippen molar-refractivity contribution >= 4 is 5.96 Å². The standard InChI is InChI=1S/C25H42N4O2/c1-4-26-25(29-14-12-22(18-29)20-31-16-15-30-3)27-17-23-10-5-6-11-24(23)19-28-13-8-7-9-21(28)2/h5-6,10-11,21-22H,4,7-9,12-20H2,1-3H3,(H,26,27). The normalized spacial score (nSPS) is 22.8. The zero-order valence-electron chi connectivity index (χ0n) is 19.8. The van der Waals surface area contributed by atoms with Crippen molar-refractivity contribution in [3.05, 3.63) is 35.4 Å². The van der Waals surface area contributed by atoms with E-state index in [0.717, 1.165) is 51.7 Å². The molecule has 0 saturated carbocycles. The molecule has 174 valence electrons. The third-order valence-electron chi connectivity index (χ3n) is 6.54. The van der Waals surface area contributed by atoms with Gasteiger partial charge in [-0.15, -0.1) is 0 Å². The lowest BCUT2D eigenvalue weighted by Crippen LogP contribution is -2.40.